The second-order valence-electron chi connectivity index (χ2n) is 7.82. The van der Waals surface area contributed by atoms with Crippen LogP contribution in [0.3, 0.4) is 0 Å². The second kappa shape index (κ2) is 8.47. The zero-order valence-corrected chi connectivity index (χ0v) is 16.3. The lowest BCUT2D eigenvalue weighted by Gasteiger charge is -2.30. The Morgan fingerprint density at radius 2 is 1.93 bits per heavy atom. The Kier molecular flexibility index (Phi) is 5.80. The first kappa shape index (κ1) is 19.2. The van der Waals surface area contributed by atoms with Crippen molar-refractivity contribution in [3.63, 3.8) is 0 Å². The third-order valence-electron chi connectivity index (χ3n) is 5.83. The van der Waals surface area contributed by atoms with Gasteiger partial charge in [0.05, 0.1) is 13.2 Å². The van der Waals surface area contributed by atoms with Gasteiger partial charge in [0.25, 0.3) is 5.91 Å². The molecule has 0 aliphatic carbocycles. The van der Waals surface area contributed by atoms with Crippen molar-refractivity contribution in [2.75, 3.05) is 52.5 Å². The maximum Gasteiger partial charge on any atom is 0.253 e. The van der Waals surface area contributed by atoms with E-state index in [2.05, 4.69) is 4.90 Å². The number of carbonyl (C=O) groups is 1. The van der Waals surface area contributed by atoms with Gasteiger partial charge in [0.15, 0.2) is 0 Å². The third-order valence-corrected chi connectivity index (χ3v) is 5.83. The Balaban J connectivity index is 1.45. The van der Waals surface area contributed by atoms with Crippen molar-refractivity contribution in [3.8, 4) is 11.3 Å². The molecule has 4 rings (SSSR count). The average Bonchev–Trinajstić information content (AvgIpc) is 3.34. The zero-order chi connectivity index (χ0) is 19.5. The number of carbonyl (C=O) groups excluding carboxylic acids is 1. The van der Waals surface area contributed by atoms with E-state index in [1.54, 1.807) is 0 Å². The van der Waals surface area contributed by atoms with Crippen LogP contribution in [0.15, 0.2) is 40.8 Å². The van der Waals surface area contributed by atoms with Crippen LogP contribution in [0.1, 0.15) is 16.1 Å². The second-order valence-corrected chi connectivity index (χ2v) is 7.82. The molecule has 1 N–H and O–H groups in total. The summed E-state index contributed by atoms with van der Waals surface area (Å²) in [7, 11) is 0. The predicted octanol–water partition coefficient (Wildman–Crippen LogP) is 2.27. The van der Waals surface area contributed by atoms with E-state index < -0.39 is 0 Å². The summed E-state index contributed by atoms with van der Waals surface area (Å²) in [5.41, 5.74) is 1.57. The molecule has 28 heavy (non-hydrogen) atoms. The van der Waals surface area contributed by atoms with Crippen molar-refractivity contribution in [3.05, 3.63) is 47.7 Å². The number of ether oxygens (including phenoxy) is 1. The molecule has 150 valence electrons. The van der Waals surface area contributed by atoms with Gasteiger partial charge in [-0.1, -0.05) is 12.1 Å². The van der Waals surface area contributed by atoms with Crippen molar-refractivity contribution in [1.29, 1.82) is 0 Å². The van der Waals surface area contributed by atoms with Gasteiger partial charge in [-0.15, -0.1) is 0 Å². The highest BCUT2D eigenvalue weighted by atomic mass is 16.5. The Morgan fingerprint density at radius 1 is 1.14 bits per heavy atom. The van der Waals surface area contributed by atoms with Gasteiger partial charge in [-0.2, -0.15) is 0 Å². The molecule has 0 spiro atoms. The molecule has 0 bridgehead atoms. The van der Waals surface area contributed by atoms with Crippen LogP contribution >= 0.6 is 0 Å². The van der Waals surface area contributed by atoms with Crippen LogP contribution in [0.25, 0.3) is 11.3 Å². The molecule has 0 unspecified atom stereocenters. The maximum atomic E-state index is 13.1. The molecule has 1 amide bonds. The van der Waals surface area contributed by atoms with Gasteiger partial charge in [0.1, 0.15) is 11.5 Å². The van der Waals surface area contributed by atoms with E-state index >= 15 is 0 Å². The number of morpholine rings is 1. The Bertz CT molecular complexity index is 812. The summed E-state index contributed by atoms with van der Waals surface area (Å²) in [4.78, 5) is 17.4. The van der Waals surface area contributed by atoms with Crippen molar-refractivity contribution in [2.45, 2.75) is 6.92 Å². The highest BCUT2D eigenvalue weighted by Crippen LogP contribution is 2.28. The molecule has 0 radical (unpaired) electrons. The fourth-order valence-electron chi connectivity index (χ4n) is 4.21. The minimum atomic E-state index is 0.0213. The molecule has 2 aliphatic rings. The number of rotatable bonds is 5. The van der Waals surface area contributed by atoms with E-state index in [1.807, 2.05) is 48.2 Å². The summed E-state index contributed by atoms with van der Waals surface area (Å²) in [5, 5.41) is 9.84. The first-order valence-electron chi connectivity index (χ1n) is 10.0. The number of amides is 1. The fraction of sp³-hybridized carbons (Fsp3) is 0.500. The largest absolute Gasteiger partial charge is 0.461 e. The third kappa shape index (κ3) is 4.14. The number of furan rings is 1. The molecule has 0 saturated carbocycles. The van der Waals surface area contributed by atoms with E-state index in [0.717, 1.165) is 49.9 Å². The number of hydrogen-bond acceptors (Lipinski definition) is 5. The standard InChI is InChI=1S/C22H28N2O4/c1-16-5-6-21(28-16)17-3-2-4-18(11-17)22(26)24-13-19(20(14-24)15-25)12-23-7-9-27-10-8-23/h2-6,11,19-20,25H,7-10,12-15H2,1H3/t19-,20-/m1/s1. The van der Waals surface area contributed by atoms with Gasteiger partial charge in [-0.3, -0.25) is 9.69 Å². The molecule has 1 aromatic carbocycles. The molecule has 1 aromatic heterocycles. The van der Waals surface area contributed by atoms with E-state index in [0.29, 0.717) is 24.6 Å². The summed E-state index contributed by atoms with van der Waals surface area (Å²) >= 11 is 0. The van der Waals surface area contributed by atoms with Gasteiger partial charge >= 0.3 is 0 Å². The van der Waals surface area contributed by atoms with Gasteiger partial charge in [0, 0.05) is 56.4 Å². The lowest BCUT2D eigenvalue weighted by Crippen LogP contribution is -2.41. The lowest BCUT2D eigenvalue weighted by molar-refractivity contribution is 0.0264. The van der Waals surface area contributed by atoms with E-state index in [4.69, 9.17) is 9.15 Å². The number of hydrogen-bond donors (Lipinski definition) is 1. The smallest absolute Gasteiger partial charge is 0.253 e. The van der Waals surface area contributed by atoms with Gasteiger partial charge in [-0.05, 0) is 37.1 Å². The van der Waals surface area contributed by atoms with Crippen molar-refractivity contribution >= 4 is 5.91 Å². The van der Waals surface area contributed by atoms with Crippen molar-refractivity contribution < 1.29 is 19.1 Å². The normalized spacial score (nSPS) is 23.3. The van der Waals surface area contributed by atoms with Crippen molar-refractivity contribution in [1.82, 2.24) is 9.80 Å². The Morgan fingerprint density at radius 3 is 2.64 bits per heavy atom. The summed E-state index contributed by atoms with van der Waals surface area (Å²) in [5.74, 6) is 2.06. The van der Waals surface area contributed by atoms with Crippen LogP contribution < -0.4 is 0 Å². The number of aliphatic hydroxyl groups is 1. The minimum absolute atomic E-state index is 0.0213. The van der Waals surface area contributed by atoms with Crippen LogP contribution in [0, 0.1) is 18.8 Å². The molecular weight excluding hydrogens is 356 g/mol. The molecule has 2 aromatic rings. The SMILES string of the molecule is Cc1ccc(-c2cccc(C(=O)N3C[C@@H](CN4CCOCC4)[C@@H](CO)C3)c2)o1. The zero-order valence-electron chi connectivity index (χ0n) is 16.3. The first-order chi connectivity index (χ1) is 13.6. The quantitative estimate of drug-likeness (QED) is 0.857. The van der Waals surface area contributed by atoms with E-state index in [9.17, 15) is 9.90 Å². The maximum absolute atomic E-state index is 13.1. The van der Waals surface area contributed by atoms with Crippen LogP contribution in [0.4, 0.5) is 0 Å². The van der Waals surface area contributed by atoms with Gasteiger partial charge in [0.2, 0.25) is 0 Å². The van der Waals surface area contributed by atoms with Gasteiger partial charge in [-0.25, -0.2) is 0 Å². The minimum Gasteiger partial charge on any atom is -0.461 e. The average molecular weight is 384 g/mol. The van der Waals surface area contributed by atoms with Crippen LogP contribution in [0.2, 0.25) is 0 Å². The number of likely N-dealkylation sites (tertiary alicyclic amines) is 1. The van der Waals surface area contributed by atoms with Crippen LogP contribution in [-0.4, -0.2) is 73.4 Å². The number of benzene rings is 1. The molecule has 6 heteroatoms. The summed E-state index contributed by atoms with van der Waals surface area (Å²) in [6, 6.07) is 11.4. The van der Waals surface area contributed by atoms with Crippen LogP contribution in [0.5, 0.6) is 0 Å². The monoisotopic (exact) mass is 384 g/mol. The number of aliphatic hydroxyl groups excluding tert-OH is 1. The highest BCUT2D eigenvalue weighted by molar-refractivity contribution is 5.95. The highest BCUT2D eigenvalue weighted by Gasteiger charge is 2.36. The lowest BCUT2D eigenvalue weighted by atomic mass is 9.96. The topological polar surface area (TPSA) is 66.2 Å². The van der Waals surface area contributed by atoms with Crippen molar-refractivity contribution in [2.24, 2.45) is 11.8 Å². The molecule has 2 saturated heterocycles. The Labute approximate surface area is 165 Å². The summed E-state index contributed by atoms with van der Waals surface area (Å²) < 4.78 is 11.1. The Hall–Kier alpha value is -2.15. The summed E-state index contributed by atoms with van der Waals surface area (Å²) in [6.07, 6.45) is 0. The molecule has 2 aliphatic heterocycles. The summed E-state index contributed by atoms with van der Waals surface area (Å²) in [6.45, 7) is 7.59. The fourth-order valence-corrected chi connectivity index (χ4v) is 4.21. The molecular formula is C22H28N2O4. The van der Waals surface area contributed by atoms with E-state index in [1.165, 1.54) is 0 Å². The number of aryl methyl sites for hydroxylation is 1. The first-order valence-corrected chi connectivity index (χ1v) is 10.0. The molecule has 3 heterocycles. The molecule has 2 atom stereocenters. The van der Waals surface area contributed by atoms with Crippen LogP contribution in [-0.2, 0) is 4.74 Å². The predicted molar refractivity (Wildman–Crippen MR) is 106 cm³/mol. The van der Waals surface area contributed by atoms with E-state index in [-0.39, 0.29) is 18.4 Å². The number of nitrogens with zero attached hydrogens (tertiary/aromatic N) is 2. The van der Waals surface area contributed by atoms with Gasteiger partial charge < -0.3 is 19.2 Å². The molecule has 6 nitrogen and oxygen atoms in total. The molecule has 2 fully saturated rings.